The standard InChI is InChI=1S/C16H23BrFN3O2.ClH/c1-16(2,9-19)10-21(3)14(22)6-7-20-15(23)12-8-11(18)4-5-13(12)17;/h4-5,8H,6-7,9-10,19H2,1-3H3,(H,20,23);1H. The summed E-state index contributed by atoms with van der Waals surface area (Å²) in [5, 5.41) is 2.62. The number of nitrogens with one attached hydrogen (secondary N) is 1. The zero-order valence-corrected chi connectivity index (χ0v) is 16.5. The van der Waals surface area contributed by atoms with Crippen LogP contribution in [0.3, 0.4) is 0 Å². The highest BCUT2D eigenvalue weighted by atomic mass is 79.9. The first kappa shape index (κ1) is 22.8. The molecule has 0 saturated heterocycles. The van der Waals surface area contributed by atoms with Crippen LogP contribution in [0.25, 0.3) is 0 Å². The van der Waals surface area contributed by atoms with Gasteiger partial charge in [-0.1, -0.05) is 13.8 Å². The number of rotatable bonds is 7. The number of nitrogens with two attached hydrogens (primary N) is 1. The monoisotopic (exact) mass is 423 g/mol. The van der Waals surface area contributed by atoms with Crippen molar-refractivity contribution in [1.82, 2.24) is 10.2 Å². The minimum atomic E-state index is -0.488. The third kappa shape index (κ3) is 7.15. The van der Waals surface area contributed by atoms with Gasteiger partial charge in [0, 0.05) is 31.0 Å². The van der Waals surface area contributed by atoms with Crippen LogP contribution in [0.4, 0.5) is 4.39 Å². The fraction of sp³-hybridized carbons (Fsp3) is 0.500. The lowest BCUT2D eigenvalue weighted by Crippen LogP contribution is -2.40. The molecule has 0 atom stereocenters. The highest BCUT2D eigenvalue weighted by molar-refractivity contribution is 9.10. The lowest BCUT2D eigenvalue weighted by atomic mass is 9.93. The topological polar surface area (TPSA) is 75.4 Å². The molecular weight excluding hydrogens is 401 g/mol. The van der Waals surface area contributed by atoms with Crippen molar-refractivity contribution in [1.29, 1.82) is 0 Å². The highest BCUT2D eigenvalue weighted by Crippen LogP contribution is 2.17. The van der Waals surface area contributed by atoms with E-state index >= 15 is 0 Å². The Kier molecular flexibility index (Phi) is 9.47. The van der Waals surface area contributed by atoms with Crippen molar-refractivity contribution in [3.8, 4) is 0 Å². The van der Waals surface area contributed by atoms with Crippen molar-refractivity contribution in [3.63, 3.8) is 0 Å². The average Bonchev–Trinajstić information content (AvgIpc) is 2.48. The number of amides is 2. The second-order valence-electron chi connectivity index (χ2n) is 6.25. The smallest absolute Gasteiger partial charge is 0.252 e. The summed E-state index contributed by atoms with van der Waals surface area (Å²) in [4.78, 5) is 25.6. The highest BCUT2D eigenvalue weighted by Gasteiger charge is 2.21. The van der Waals surface area contributed by atoms with Crippen molar-refractivity contribution in [2.45, 2.75) is 20.3 Å². The Morgan fingerprint density at radius 3 is 2.58 bits per heavy atom. The Morgan fingerprint density at radius 1 is 1.38 bits per heavy atom. The van der Waals surface area contributed by atoms with Crippen LogP contribution in [0.5, 0.6) is 0 Å². The number of carbonyl (C=O) groups excluding carboxylic acids is 2. The first-order chi connectivity index (χ1) is 10.7. The van der Waals surface area contributed by atoms with Crippen molar-refractivity contribution in [3.05, 3.63) is 34.1 Å². The van der Waals surface area contributed by atoms with Gasteiger partial charge in [0.15, 0.2) is 0 Å². The molecule has 24 heavy (non-hydrogen) atoms. The van der Waals surface area contributed by atoms with Gasteiger partial charge in [-0.15, -0.1) is 12.4 Å². The van der Waals surface area contributed by atoms with Gasteiger partial charge < -0.3 is 16.0 Å². The number of benzene rings is 1. The zero-order chi connectivity index (χ0) is 17.6. The van der Waals surface area contributed by atoms with Crippen molar-refractivity contribution in [2.24, 2.45) is 11.1 Å². The molecule has 1 aromatic carbocycles. The van der Waals surface area contributed by atoms with Crippen LogP contribution >= 0.6 is 28.3 Å². The predicted molar refractivity (Wildman–Crippen MR) is 98.8 cm³/mol. The van der Waals surface area contributed by atoms with E-state index in [1.54, 1.807) is 11.9 Å². The summed E-state index contributed by atoms with van der Waals surface area (Å²) in [6.45, 7) is 5.19. The van der Waals surface area contributed by atoms with Crippen molar-refractivity contribution < 1.29 is 14.0 Å². The van der Waals surface area contributed by atoms with E-state index in [-0.39, 0.29) is 42.3 Å². The molecule has 0 fully saturated rings. The van der Waals surface area contributed by atoms with Gasteiger partial charge in [0.05, 0.1) is 5.56 Å². The molecule has 2 amide bonds. The molecule has 0 aliphatic heterocycles. The van der Waals surface area contributed by atoms with Crippen molar-refractivity contribution >= 4 is 40.2 Å². The molecule has 0 bridgehead atoms. The molecular formula is C16H24BrClFN3O2. The molecule has 0 spiro atoms. The molecule has 1 rings (SSSR count). The largest absolute Gasteiger partial charge is 0.351 e. The number of carbonyl (C=O) groups is 2. The Balaban J connectivity index is 0.00000529. The lowest BCUT2D eigenvalue weighted by molar-refractivity contribution is -0.130. The molecule has 8 heteroatoms. The SMILES string of the molecule is CN(CC(C)(C)CN)C(=O)CCNC(=O)c1cc(F)ccc1Br.Cl. The lowest BCUT2D eigenvalue weighted by Gasteiger charge is -2.29. The van der Waals surface area contributed by atoms with Gasteiger partial charge in [-0.05, 0) is 46.1 Å². The molecule has 3 N–H and O–H groups in total. The predicted octanol–water partition coefficient (Wildman–Crippen LogP) is 2.57. The normalized spacial score (nSPS) is 10.8. The summed E-state index contributed by atoms with van der Waals surface area (Å²) in [6.07, 6.45) is 0.176. The van der Waals surface area contributed by atoms with Gasteiger partial charge in [-0.2, -0.15) is 0 Å². The van der Waals surface area contributed by atoms with Crippen LogP contribution in [0.2, 0.25) is 0 Å². The first-order valence-corrected chi connectivity index (χ1v) is 8.13. The van der Waals surface area contributed by atoms with E-state index in [4.69, 9.17) is 5.73 Å². The molecule has 0 heterocycles. The molecule has 0 radical (unpaired) electrons. The average molecular weight is 425 g/mol. The molecule has 5 nitrogen and oxygen atoms in total. The van der Waals surface area contributed by atoms with Gasteiger partial charge in [-0.3, -0.25) is 9.59 Å². The Labute approximate surface area is 156 Å². The molecule has 0 unspecified atom stereocenters. The van der Waals surface area contributed by atoms with Crippen LogP contribution in [0, 0.1) is 11.2 Å². The quantitative estimate of drug-likeness (QED) is 0.706. The van der Waals surface area contributed by atoms with Crippen LogP contribution in [0.1, 0.15) is 30.6 Å². The molecule has 1 aromatic rings. The number of halogens is 3. The Hall–Kier alpha value is -1.18. The summed E-state index contributed by atoms with van der Waals surface area (Å²) in [6, 6.07) is 3.88. The van der Waals surface area contributed by atoms with Crippen LogP contribution in [-0.2, 0) is 4.79 Å². The van der Waals surface area contributed by atoms with Crippen LogP contribution < -0.4 is 11.1 Å². The Bertz CT molecular complexity index is 584. The fourth-order valence-electron chi connectivity index (χ4n) is 2.04. The third-order valence-corrected chi connectivity index (χ3v) is 4.13. The van der Waals surface area contributed by atoms with Crippen LogP contribution in [0.15, 0.2) is 22.7 Å². The number of nitrogens with zero attached hydrogens (tertiary/aromatic N) is 1. The maximum atomic E-state index is 13.2. The van der Waals surface area contributed by atoms with Crippen LogP contribution in [-0.4, -0.2) is 43.4 Å². The van der Waals surface area contributed by atoms with Gasteiger partial charge in [-0.25, -0.2) is 4.39 Å². The molecule has 0 aliphatic carbocycles. The maximum Gasteiger partial charge on any atom is 0.252 e. The molecule has 0 aromatic heterocycles. The van der Waals surface area contributed by atoms with Gasteiger partial charge in [0.2, 0.25) is 5.91 Å². The summed E-state index contributed by atoms with van der Waals surface area (Å²) < 4.78 is 13.7. The molecule has 0 aliphatic rings. The van der Waals surface area contributed by atoms with Crippen molar-refractivity contribution in [2.75, 3.05) is 26.7 Å². The van der Waals surface area contributed by atoms with E-state index in [2.05, 4.69) is 21.2 Å². The second-order valence-corrected chi connectivity index (χ2v) is 7.10. The number of hydrogen-bond donors (Lipinski definition) is 2. The third-order valence-electron chi connectivity index (χ3n) is 3.44. The maximum absolute atomic E-state index is 13.2. The van der Waals surface area contributed by atoms with E-state index in [0.717, 1.165) is 6.07 Å². The van der Waals surface area contributed by atoms with E-state index < -0.39 is 11.7 Å². The zero-order valence-electron chi connectivity index (χ0n) is 14.1. The van der Waals surface area contributed by atoms with Gasteiger partial charge in [0.25, 0.3) is 5.91 Å². The molecule has 136 valence electrons. The summed E-state index contributed by atoms with van der Waals surface area (Å²) >= 11 is 3.20. The number of hydrogen-bond acceptors (Lipinski definition) is 3. The molecule has 0 saturated carbocycles. The Morgan fingerprint density at radius 2 is 2.00 bits per heavy atom. The van der Waals surface area contributed by atoms with Gasteiger partial charge >= 0.3 is 0 Å². The van der Waals surface area contributed by atoms with Gasteiger partial charge in [0.1, 0.15) is 5.82 Å². The summed E-state index contributed by atoms with van der Waals surface area (Å²) in [7, 11) is 1.71. The minimum Gasteiger partial charge on any atom is -0.351 e. The minimum absolute atomic E-state index is 0. The summed E-state index contributed by atoms with van der Waals surface area (Å²) in [5.41, 5.74) is 5.71. The first-order valence-electron chi connectivity index (χ1n) is 7.33. The second kappa shape index (κ2) is 9.96. The van der Waals surface area contributed by atoms with E-state index in [1.807, 2.05) is 13.8 Å². The summed E-state index contributed by atoms with van der Waals surface area (Å²) in [5.74, 6) is -0.988. The van der Waals surface area contributed by atoms with E-state index in [0.29, 0.717) is 17.6 Å². The fourth-order valence-corrected chi connectivity index (χ4v) is 2.46. The van der Waals surface area contributed by atoms with E-state index in [9.17, 15) is 14.0 Å². The van der Waals surface area contributed by atoms with E-state index in [1.165, 1.54) is 12.1 Å².